The van der Waals surface area contributed by atoms with Crippen LogP contribution in [-0.4, -0.2) is 58.8 Å². The number of amides is 2. The fraction of sp³-hybridized carbons (Fsp3) is 0.421. The molecule has 1 aromatic heterocycles. The summed E-state index contributed by atoms with van der Waals surface area (Å²) in [4.78, 5) is 32.6. The first-order valence-electron chi connectivity index (χ1n) is 8.80. The molecule has 0 radical (unpaired) electrons. The molecule has 130 valence electrons. The Kier molecular flexibility index (Phi) is 4.13. The molecule has 6 nitrogen and oxygen atoms in total. The minimum atomic E-state index is -0.188. The molecule has 2 saturated heterocycles. The first-order valence-corrected chi connectivity index (χ1v) is 8.80. The number of carbonyl (C=O) groups is 2. The SMILES string of the molecule is NC(=O)C1CCN(C2CN(C(=O)c3ccc4ccccc4n3)C2)CC1. The van der Waals surface area contributed by atoms with Crippen LogP contribution in [0.1, 0.15) is 23.3 Å². The molecule has 3 heterocycles. The number of hydrogen-bond donors (Lipinski definition) is 1. The largest absolute Gasteiger partial charge is 0.369 e. The number of benzene rings is 1. The smallest absolute Gasteiger partial charge is 0.272 e. The lowest BCUT2D eigenvalue weighted by Crippen LogP contribution is -2.62. The second-order valence-electron chi connectivity index (χ2n) is 6.97. The molecule has 0 bridgehead atoms. The highest BCUT2D eigenvalue weighted by molar-refractivity contribution is 5.95. The molecular formula is C19H22N4O2. The van der Waals surface area contributed by atoms with Crippen molar-refractivity contribution >= 4 is 22.7 Å². The Bertz CT molecular complexity index is 808. The predicted molar refractivity (Wildman–Crippen MR) is 94.9 cm³/mol. The Labute approximate surface area is 146 Å². The third-order valence-electron chi connectivity index (χ3n) is 5.42. The second-order valence-corrected chi connectivity index (χ2v) is 6.97. The van der Waals surface area contributed by atoms with E-state index >= 15 is 0 Å². The van der Waals surface area contributed by atoms with Crippen LogP contribution >= 0.6 is 0 Å². The number of nitrogens with zero attached hydrogens (tertiary/aromatic N) is 3. The van der Waals surface area contributed by atoms with Crippen LogP contribution in [0.5, 0.6) is 0 Å². The van der Waals surface area contributed by atoms with Crippen molar-refractivity contribution in [1.82, 2.24) is 14.8 Å². The van der Waals surface area contributed by atoms with Gasteiger partial charge in [0.25, 0.3) is 5.91 Å². The van der Waals surface area contributed by atoms with Crippen LogP contribution in [0.15, 0.2) is 36.4 Å². The van der Waals surface area contributed by atoms with Gasteiger partial charge in [-0.3, -0.25) is 14.5 Å². The van der Waals surface area contributed by atoms with Crippen molar-refractivity contribution in [3.63, 3.8) is 0 Å². The van der Waals surface area contributed by atoms with E-state index in [1.807, 2.05) is 35.2 Å². The molecule has 0 unspecified atom stereocenters. The van der Waals surface area contributed by atoms with Crippen LogP contribution in [0, 0.1) is 5.92 Å². The molecule has 2 N–H and O–H groups in total. The summed E-state index contributed by atoms with van der Waals surface area (Å²) in [6.07, 6.45) is 1.65. The van der Waals surface area contributed by atoms with E-state index < -0.39 is 0 Å². The zero-order valence-electron chi connectivity index (χ0n) is 14.1. The number of fused-ring (bicyclic) bond motifs is 1. The van der Waals surface area contributed by atoms with Gasteiger partial charge >= 0.3 is 0 Å². The van der Waals surface area contributed by atoms with E-state index in [0.717, 1.165) is 49.9 Å². The van der Waals surface area contributed by atoms with Crippen LogP contribution < -0.4 is 5.73 Å². The summed E-state index contributed by atoms with van der Waals surface area (Å²) < 4.78 is 0. The van der Waals surface area contributed by atoms with E-state index in [1.165, 1.54) is 0 Å². The molecule has 2 aliphatic rings. The lowest BCUT2D eigenvalue weighted by atomic mass is 9.93. The van der Waals surface area contributed by atoms with Crippen LogP contribution in [0.25, 0.3) is 10.9 Å². The Morgan fingerprint density at radius 1 is 1.04 bits per heavy atom. The highest BCUT2D eigenvalue weighted by atomic mass is 16.2. The van der Waals surface area contributed by atoms with Gasteiger partial charge in [0, 0.05) is 30.4 Å². The molecule has 0 spiro atoms. The third kappa shape index (κ3) is 3.09. The van der Waals surface area contributed by atoms with E-state index in [-0.39, 0.29) is 17.7 Å². The highest BCUT2D eigenvalue weighted by Crippen LogP contribution is 2.24. The van der Waals surface area contributed by atoms with Crippen molar-refractivity contribution in [2.24, 2.45) is 11.7 Å². The minimum absolute atomic E-state index is 0.00553. The maximum Gasteiger partial charge on any atom is 0.272 e. The van der Waals surface area contributed by atoms with Crippen LogP contribution in [0.4, 0.5) is 0 Å². The van der Waals surface area contributed by atoms with Gasteiger partial charge in [-0.2, -0.15) is 0 Å². The average Bonchev–Trinajstić information content (AvgIpc) is 2.60. The van der Waals surface area contributed by atoms with Gasteiger partial charge in [-0.1, -0.05) is 24.3 Å². The molecule has 0 saturated carbocycles. The number of primary amides is 1. The Balaban J connectivity index is 1.35. The molecule has 6 heteroatoms. The van der Waals surface area contributed by atoms with Crippen molar-refractivity contribution in [3.8, 4) is 0 Å². The van der Waals surface area contributed by atoms with Gasteiger partial charge in [0.2, 0.25) is 5.91 Å². The summed E-state index contributed by atoms with van der Waals surface area (Å²) in [7, 11) is 0. The third-order valence-corrected chi connectivity index (χ3v) is 5.42. The molecule has 2 amide bonds. The minimum Gasteiger partial charge on any atom is -0.369 e. The van der Waals surface area contributed by atoms with Crippen molar-refractivity contribution in [2.45, 2.75) is 18.9 Å². The molecule has 2 aromatic rings. The van der Waals surface area contributed by atoms with Gasteiger partial charge in [-0.05, 0) is 38.1 Å². The number of carbonyl (C=O) groups excluding carboxylic acids is 2. The molecule has 2 fully saturated rings. The number of hydrogen-bond acceptors (Lipinski definition) is 4. The quantitative estimate of drug-likeness (QED) is 0.914. The van der Waals surface area contributed by atoms with Gasteiger partial charge in [0.05, 0.1) is 5.52 Å². The van der Waals surface area contributed by atoms with Crippen LogP contribution in [0.3, 0.4) is 0 Å². The number of aromatic nitrogens is 1. The summed E-state index contributed by atoms with van der Waals surface area (Å²) in [5, 5.41) is 1.04. The van der Waals surface area contributed by atoms with E-state index in [4.69, 9.17) is 5.73 Å². The average molecular weight is 338 g/mol. The molecular weight excluding hydrogens is 316 g/mol. The number of nitrogens with two attached hydrogens (primary N) is 1. The zero-order valence-corrected chi connectivity index (χ0v) is 14.1. The Hall–Kier alpha value is -2.47. The van der Waals surface area contributed by atoms with Crippen molar-refractivity contribution < 1.29 is 9.59 Å². The van der Waals surface area contributed by atoms with Gasteiger partial charge in [0.1, 0.15) is 5.69 Å². The lowest BCUT2D eigenvalue weighted by molar-refractivity contribution is -0.123. The molecule has 4 rings (SSSR count). The van der Waals surface area contributed by atoms with Crippen molar-refractivity contribution in [2.75, 3.05) is 26.2 Å². The fourth-order valence-electron chi connectivity index (χ4n) is 3.75. The maximum absolute atomic E-state index is 12.6. The second kappa shape index (κ2) is 6.44. The van der Waals surface area contributed by atoms with E-state index in [1.54, 1.807) is 6.07 Å². The van der Waals surface area contributed by atoms with Crippen molar-refractivity contribution in [1.29, 1.82) is 0 Å². The molecule has 25 heavy (non-hydrogen) atoms. The van der Waals surface area contributed by atoms with Crippen LogP contribution in [-0.2, 0) is 4.79 Å². The standard InChI is InChI=1S/C19H22N4O2/c20-18(24)14-7-9-22(10-8-14)15-11-23(12-15)19(25)17-6-5-13-3-1-2-4-16(13)21-17/h1-6,14-15H,7-12H2,(H2,20,24). The Morgan fingerprint density at radius 3 is 2.48 bits per heavy atom. The summed E-state index contributed by atoms with van der Waals surface area (Å²) in [5.74, 6) is -0.183. The van der Waals surface area contributed by atoms with Gasteiger partial charge in [0.15, 0.2) is 0 Å². The van der Waals surface area contributed by atoms with E-state index in [2.05, 4.69) is 9.88 Å². The zero-order chi connectivity index (χ0) is 17.4. The summed E-state index contributed by atoms with van der Waals surface area (Å²) in [6, 6.07) is 11.9. The van der Waals surface area contributed by atoms with Gasteiger partial charge in [-0.25, -0.2) is 4.98 Å². The fourth-order valence-corrected chi connectivity index (χ4v) is 3.75. The molecule has 0 aliphatic carbocycles. The van der Waals surface area contributed by atoms with Crippen molar-refractivity contribution in [3.05, 3.63) is 42.1 Å². The van der Waals surface area contributed by atoms with E-state index in [0.29, 0.717) is 11.7 Å². The number of pyridine rings is 1. The Morgan fingerprint density at radius 2 is 1.76 bits per heavy atom. The first-order chi connectivity index (χ1) is 12.1. The molecule has 1 aromatic carbocycles. The monoisotopic (exact) mass is 338 g/mol. The number of rotatable bonds is 3. The number of likely N-dealkylation sites (tertiary alicyclic amines) is 2. The predicted octanol–water partition coefficient (Wildman–Crippen LogP) is 1.26. The number of piperidine rings is 1. The summed E-state index contributed by atoms with van der Waals surface area (Å²) >= 11 is 0. The topological polar surface area (TPSA) is 79.5 Å². The molecule has 2 aliphatic heterocycles. The molecule has 0 atom stereocenters. The van der Waals surface area contributed by atoms with Gasteiger partial charge < -0.3 is 10.6 Å². The number of para-hydroxylation sites is 1. The van der Waals surface area contributed by atoms with Gasteiger partial charge in [-0.15, -0.1) is 0 Å². The summed E-state index contributed by atoms with van der Waals surface area (Å²) in [5.41, 5.74) is 6.73. The first kappa shape index (κ1) is 16.0. The normalized spacial score (nSPS) is 19.8. The highest BCUT2D eigenvalue weighted by Gasteiger charge is 2.37. The maximum atomic E-state index is 12.6. The lowest BCUT2D eigenvalue weighted by Gasteiger charge is -2.47. The summed E-state index contributed by atoms with van der Waals surface area (Å²) in [6.45, 7) is 3.23. The van der Waals surface area contributed by atoms with E-state index in [9.17, 15) is 9.59 Å². The van der Waals surface area contributed by atoms with Crippen LogP contribution in [0.2, 0.25) is 0 Å².